The summed E-state index contributed by atoms with van der Waals surface area (Å²) in [4.78, 5) is 34.7. The minimum atomic E-state index is -0.701. The van der Waals surface area contributed by atoms with Crippen molar-refractivity contribution in [2.24, 2.45) is 0 Å². The fourth-order valence-corrected chi connectivity index (χ4v) is 2.14. The van der Waals surface area contributed by atoms with Crippen LogP contribution >= 0.6 is 0 Å². The van der Waals surface area contributed by atoms with Crippen molar-refractivity contribution in [3.05, 3.63) is 29.8 Å². The Kier molecular flexibility index (Phi) is 11.6. The molecular formula is C21H30N2O6. The number of rotatable bonds is 12. The summed E-state index contributed by atoms with van der Waals surface area (Å²) < 4.78 is 16.1. The molecule has 0 unspecified atom stereocenters. The number of ether oxygens (including phenoxy) is 3. The van der Waals surface area contributed by atoms with Gasteiger partial charge in [0.05, 0.1) is 13.2 Å². The normalized spacial score (nSPS) is 10.4. The first-order chi connectivity index (χ1) is 14.0. The van der Waals surface area contributed by atoms with E-state index in [1.54, 1.807) is 24.3 Å². The summed E-state index contributed by atoms with van der Waals surface area (Å²) in [5.74, 6) is -0.155. The number of benzene rings is 1. The summed E-state index contributed by atoms with van der Waals surface area (Å²) in [7, 11) is 0. The number of unbranched alkanes of at least 4 members (excludes halogenated alkanes) is 1. The Balaban J connectivity index is 2.56. The van der Waals surface area contributed by atoms with Crippen LogP contribution in [-0.2, 0) is 14.3 Å². The first kappa shape index (κ1) is 24.0. The highest BCUT2D eigenvalue weighted by atomic mass is 16.5. The molecule has 0 aliphatic heterocycles. The molecule has 2 N–H and O–H groups in total. The molecule has 3 amide bonds. The van der Waals surface area contributed by atoms with Crippen LogP contribution in [0.1, 0.15) is 45.6 Å². The summed E-state index contributed by atoms with van der Waals surface area (Å²) in [6.45, 7) is 6.86. The van der Waals surface area contributed by atoms with Crippen LogP contribution in [0.2, 0.25) is 0 Å². The zero-order valence-electron chi connectivity index (χ0n) is 17.3. The van der Waals surface area contributed by atoms with Crippen LogP contribution in [-0.4, -0.2) is 44.3 Å². The molecule has 1 aromatic carbocycles. The molecule has 0 aromatic heterocycles. The number of hydrogen-bond donors (Lipinski definition) is 2. The van der Waals surface area contributed by atoms with Crippen LogP contribution in [0.5, 0.6) is 11.5 Å². The van der Waals surface area contributed by atoms with Gasteiger partial charge in [-0.05, 0) is 43.5 Å². The van der Waals surface area contributed by atoms with E-state index in [2.05, 4.69) is 17.6 Å². The number of carbonyl (C=O) groups excluding carboxylic acids is 3. The topological polar surface area (TPSA) is 103 Å². The molecule has 0 aliphatic rings. The van der Waals surface area contributed by atoms with Gasteiger partial charge < -0.3 is 19.5 Å². The molecule has 8 heteroatoms. The minimum absolute atomic E-state index is 0.452. The number of imide groups is 1. The van der Waals surface area contributed by atoms with E-state index >= 15 is 0 Å². The summed E-state index contributed by atoms with van der Waals surface area (Å²) in [5.41, 5.74) is 0.719. The van der Waals surface area contributed by atoms with E-state index in [0.717, 1.165) is 24.8 Å². The van der Waals surface area contributed by atoms with Crippen LogP contribution in [0.4, 0.5) is 4.79 Å². The Morgan fingerprint density at radius 1 is 1.03 bits per heavy atom. The lowest BCUT2D eigenvalue weighted by Crippen LogP contribution is -2.41. The third kappa shape index (κ3) is 10.2. The summed E-state index contributed by atoms with van der Waals surface area (Å²) in [6.07, 6.45) is 5.49. The first-order valence-electron chi connectivity index (χ1n) is 9.82. The van der Waals surface area contributed by atoms with Gasteiger partial charge in [-0.3, -0.25) is 10.1 Å². The number of hydrogen-bond acceptors (Lipinski definition) is 6. The zero-order valence-corrected chi connectivity index (χ0v) is 17.3. The molecule has 0 saturated carbocycles. The van der Waals surface area contributed by atoms with E-state index in [4.69, 9.17) is 14.2 Å². The predicted molar refractivity (Wildman–Crippen MR) is 110 cm³/mol. The van der Waals surface area contributed by atoms with Gasteiger partial charge in [0.1, 0.15) is 0 Å². The summed E-state index contributed by atoms with van der Waals surface area (Å²) >= 11 is 0. The Labute approximate surface area is 171 Å². The Hall–Kier alpha value is -3.03. The second-order valence-electron chi connectivity index (χ2n) is 6.09. The molecule has 0 heterocycles. The van der Waals surface area contributed by atoms with E-state index in [1.807, 2.05) is 13.8 Å². The average molecular weight is 406 g/mol. The van der Waals surface area contributed by atoms with Gasteiger partial charge in [-0.2, -0.15) is 0 Å². The number of nitrogens with one attached hydrogen (secondary N) is 2. The van der Waals surface area contributed by atoms with Gasteiger partial charge in [0.25, 0.3) is 5.91 Å². The average Bonchev–Trinajstić information content (AvgIpc) is 2.70. The first-order valence-corrected chi connectivity index (χ1v) is 9.82. The Morgan fingerprint density at radius 2 is 1.83 bits per heavy atom. The third-order valence-electron chi connectivity index (χ3n) is 3.57. The molecule has 0 bridgehead atoms. The molecule has 160 valence electrons. The summed E-state index contributed by atoms with van der Waals surface area (Å²) in [6, 6.07) is 4.72. The molecule has 1 rings (SSSR count). The van der Waals surface area contributed by atoms with E-state index in [-0.39, 0.29) is 0 Å². The van der Waals surface area contributed by atoms with Crippen LogP contribution in [0, 0.1) is 0 Å². The SMILES string of the molecule is CCCCOc1ccc(/C=C/C(=O)OCC(=O)NC(=O)NCCC)cc1OCC. The van der Waals surface area contributed by atoms with E-state index in [1.165, 1.54) is 6.08 Å². The molecular weight excluding hydrogens is 376 g/mol. The van der Waals surface area contributed by atoms with Gasteiger partial charge in [-0.25, -0.2) is 9.59 Å². The fraction of sp³-hybridized carbons (Fsp3) is 0.476. The molecule has 0 radical (unpaired) electrons. The Morgan fingerprint density at radius 3 is 2.52 bits per heavy atom. The summed E-state index contributed by atoms with van der Waals surface area (Å²) in [5, 5.41) is 4.56. The fourth-order valence-electron chi connectivity index (χ4n) is 2.14. The second kappa shape index (κ2) is 14.0. The lowest BCUT2D eigenvalue weighted by Gasteiger charge is -2.12. The van der Waals surface area contributed by atoms with Crippen LogP contribution in [0.25, 0.3) is 6.08 Å². The van der Waals surface area contributed by atoms with Crippen molar-refractivity contribution in [1.29, 1.82) is 0 Å². The van der Waals surface area contributed by atoms with Crippen LogP contribution in [0.15, 0.2) is 24.3 Å². The maximum Gasteiger partial charge on any atom is 0.331 e. The van der Waals surface area contributed by atoms with Gasteiger partial charge in [-0.15, -0.1) is 0 Å². The van der Waals surface area contributed by atoms with Gasteiger partial charge in [0.2, 0.25) is 0 Å². The van der Waals surface area contributed by atoms with E-state index in [9.17, 15) is 14.4 Å². The quantitative estimate of drug-likeness (QED) is 0.314. The largest absolute Gasteiger partial charge is 0.490 e. The molecule has 0 saturated heterocycles. The van der Waals surface area contributed by atoms with Crippen molar-refractivity contribution in [1.82, 2.24) is 10.6 Å². The van der Waals surface area contributed by atoms with Crippen molar-refractivity contribution < 1.29 is 28.6 Å². The predicted octanol–water partition coefficient (Wildman–Crippen LogP) is 3.06. The zero-order chi connectivity index (χ0) is 21.5. The molecule has 0 aliphatic carbocycles. The van der Waals surface area contributed by atoms with Crippen molar-refractivity contribution in [2.75, 3.05) is 26.4 Å². The van der Waals surface area contributed by atoms with Gasteiger partial charge in [0.15, 0.2) is 18.1 Å². The molecule has 0 fully saturated rings. The maximum atomic E-state index is 11.8. The van der Waals surface area contributed by atoms with E-state index in [0.29, 0.717) is 31.3 Å². The molecule has 29 heavy (non-hydrogen) atoms. The lowest BCUT2D eigenvalue weighted by atomic mass is 10.2. The lowest BCUT2D eigenvalue weighted by molar-refractivity contribution is -0.143. The standard InChI is InChI=1S/C21H30N2O6/c1-4-7-13-28-17-10-8-16(14-18(17)27-6-3)9-11-20(25)29-15-19(24)23-21(26)22-12-5-2/h8-11,14H,4-7,12-13,15H2,1-3H3,(H2,22,23,24,26)/b11-9+. The highest BCUT2D eigenvalue weighted by Crippen LogP contribution is 2.29. The number of amides is 3. The second-order valence-corrected chi connectivity index (χ2v) is 6.09. The van der Waals surface area contributed by atoms with Crippen molar-refractivity contribution >= 4 is 24.0 Å². The van der Waals surface area contributed by atoms with Crippen molar-refractivity contribution in [2.45, 2.75) is 40.0 Å². The Bertz CT molecular complexity index is 702. The van der Waals surface area contributed by atoms with E-state index < -0.39 is 24.5 Å². The molecule has 0 spiro atoms. The monoisotopic (exact) mass is 406 g/mol. The van der Waals surface area contributed by atoms with Gasteiger partial charge in [-0.1, -0.05) is 26.3 Å². The smallest absolute Gasteiger partial charge is 0.331 e. The minimum Gasteiger partial charge on any atom is -0.490 e. The van der Waals surface area contributed by atoms with Gasteiger partial charge >= 0.3 is 12.0 Å². The third-order valence-corrected chi connectivity index (χ3v) is 3.57. The molecule has 8 nitrogen and oxygen atoms in total. The van der Waals surface area contributed by atoms with Gasteiger partial charge in [0, 0.05) is 12.6 Å². The molecule has 1 aromatic rings. The van der Waals surface area contributed by atoms with Crippen molar-refractivity contribution in [3.63, 3.8) is 0 Å². The highest BCUT2D eigenvalue weighted by Gasteiger charge is 2.09. The number of urea groups is 1. The van der Waals surface area contributed by atoms with Crippen LogP contribution < -0.4 is 20.1 Å². The highest BCUT2D eigenvalue weighted by molar-refractivity contribution is 5.96. The number of esters is 1. The maximum absolute atomic E-state index is 11.8. The van der Waals surface area contributed by atoms with Crippen LogP contribution in [0.3, 0.4) is 0 Å². The van der Waals surface area contributed by atoms with Crippen molar-refractivity contribution in [3.8, 4) is 11.5 Å². The molecule has 0 atom stereocenters. The number of carbonyl (C=O) groups is 3.